The van der Waals surface area contributed by atoms with Crippen LogP contribution < -0.4 is 5.32 Å². The summed E-state index contributed by atoms with van der Waals surface area (Å²) in [4.78, 5) is 15.1. The van der Waals surface area contributed by atoms with Crippen molar-refractivity contribution in [3.63, 3.8) is 0 Å². The number of carbonyl (C=O) groups is 1. The number of nitrogens with zero attached hydrogens (tertiary/aromatic N) is 2. The number of nitrogens with one attached hydrogen (secondary N) is 1. The van der Waals surface area contributed by atoms with Crippen LogP contribution in [0.2, 0.25) is 0 Å². The summed E-state index contributed by atoms with van der Waals surface area (Å²) in [6.45, 7) is 7.80. The van der Waals surface area contributed by atoms with Gasteiger partial charge in [-0.15, -0.1) is 0 Å². The van der Waals surface area contributed by atoms with E-state index in [9.17, 15) is 13.2 Å². The second-order valence-electron chi connectivity index (χ2n) is 7.80. The lowest BCUT2D eigenvalue weighted by Gasteiger charge is -2.36. The molecule has 30 heavy (non-hydrogen) atoms. The van der Waals surface area contributed by atoms with Crippen LogP contribution in [-0.2, 0) is 14.8 Å². The topological polar surface area (TPSA) is 69.7 Å². The van der Waals surface area contributed by atoms with Crippen molar-refractivity contribution in [2.24, 2.45) is 0 Å². The third-order valence-electron chi connectivity index (χ3n) is 5.49. The molecule has 1 N–H and O–H groups in total. The molecular weight excluding hydrogens is 466 g/mol. The van der Waals surface area contributed by atoms with Gasteiger partial charge in [-0.25, -0.2) is 8.42 Å². The molecule has 1 amide bonds. The average molecular weight is 494 g/mol. The SMILES string of the molecule is CC(C)c1ccccc1NC(=O)C(C)N1CCN(S(=O)(=O)c2ccc(Br)cc2)CC1. The predicted molar refractivity (Wildman–Crippen MR) is 123 cm³/mol. The Bertz CT molecular complexity index is 985. The average Bonchev–Trinajstić information content (AvgIpc) is 2.74. The van der Waals surface area contributed by atoms with Crippen molar-refractivity contribution in [1.29, 1.82) is 0 Å². The molecule has 8 heteroatoms. The van der Waals surface area contributed by atoms with Gasteiger partial charge in [-0.1, -0.05) is 48.0 Å². The molecule has 0 aliphatic carbocycles. The van der Waals surface area contributed by atoms with Gasteiger partial charge in [0, 0.05) is 36.3 Å². The first-order valence-electron chi connectivity index (χ1n) is 10.1. The summed E-state index contributed by atoms with van der Waals surface area (Å²) in [5.74, 6) is 0.233. The van der Waals surface area contributed by atoms with Crippen LogP contribution in [0.5, 0.6) is 0 Å². The third-order valence-corrected chi connectivity index (χ3v) is 7.93. The molecule has 2 aromatic rings. The van der Waals surface area contributed by atoms with E-state index in [-0.39, 0.29) is 16.8 Å². The van der Waals surface area contributed by atoms with Gasteiger partial charge >= 0.3 is 0 Å². The number of piperazine rings is 1. The minimum atomic E-state index is -3.53. The highest BCUT2D eigenvalue weighted by atomic mass is 79.9. The van der Waals surface area contributed by atoms with Crippen molar-refractivity contribution in [3.8, 4) is 0 Å². The second-order valence-corrected chi connectivity index (χ2v) is 10.7. The van der Waals surface area contributed by atoms with Crippen LogP contribution in [0.15, 0.2) is 57.9 Å². The summed E-state index contributed by atoms with van der Waals surface area (Å²) in [5.41, 5.74) is 1.93. The van der Waals surface area contributed by atoms with Gasteiger partial charge in [0.05, 0.1) is 10.9 Å². The van der Waals surface area contributed by atoms with Crippen LogP contribution >= 0.6 is 15.9 Å². The zero-order valence-electron chi connectivity index (χ0n) is 17.5. The highest BCUT2D eigenvalue weighted by Crippen LogP contribution is 2.25. The van der Waals surface area contributed by atoms with Crippen LogP contribution in [-0.4, -0.2) is 55.8 Å². The highest BCUT2D eigenvalue weighted by molar-refractivity contribution is 9.10. The molecule has 162 valence electrons. The van der Waals surface area contributed by atoms with E-state index < -0.39 is 10.0 Å². The van der Waals surface area contributed by atoms with Crippen molar-refractivity contribution < 1.29 is 13.2 Å². The van der Waals surface area contributed by atoms with Gasteiger partial charge in [-0.05, 0) is 48.7 Å². The van der Waals surface area contributed by atoms with E-state index in [0.29, 0.717) is 32.1 Å². The number of rotatable bonds is 6. The molecule has 1 atom stereocenters. The molecule has 1 aliphatic rings. The van der Waals surface area contributed by atoms with E-state index in [1.807, 2.05) is 36.1 Å². The van der Waals surface area contributed by atoms with Crippen molar-refractivity contribution in [2.45, 2.75) is 37.6 Å². The first kappa shape index (κ1) is 22.9. The van der Waals surface area contributed by atoms with E-state index in [1.165, 1.54) is 4.31 Å². The van der Waals surface area contributed by atoms with Gasteiger partial charge in [-0.3, -0.25) is 9.69 Å². The summed E-state index contributed by atoms with van der Waals surface area (Å²) >= 11 is 3.33. The number of amides is 1. The molecular formula is C22H28BrN3O3S. The quantitative estimate of drug-likeness (QED) is 0.662. The van der Waals surface area contributed by atoms with Gasteiger partial charge < -0.3 is 5.32 Å². The Morgan fingerprint density at radius 1 is 0.967 bits per heavy atom. The van der Waals surface area contributed by atoms with Crippen molar-refractivity contribution in [2.75, 3.05) is 31.5 Å². The normalized spacial score (nSPS) is 17.1. The number of benzene rings is 2. The van der Waals surface area contributed by atoms with Crippen molar-refractivity contribution in [1.82, 2.24) is 9.21 Å². The summed E-state index contributed by atoms with van der Waals surface area (Å²) in [5, 5.41) is 3.04. The Kier molecular flexibility index (Phi) is 7.34. The monoisotopic (exact) mass is 493 g/mol. The minimum absolute atomic E-state index is 0.0766. The Labute approximate surface area is 187 Å². The number of carbonyl (C=O) groups excluding carboxylic acids is 1. The lowest BCUT2D eigenvalue weighted by atomic mass is 10.0. The van der Waals surface area contributed by atoms with Crippen LogP contribution in [0.25, 0.3) is 0 Å². The van der Waals surface area contributed by atoms with Gasteiger partial charge in [0.2, 0.25) is 15.9 Å². The molecule has 1 fully saturated rings. The Morgan fingerprint density at radius 2 is 1.57 bits per heavy atom. The molecule has 2 aromatic carbocycles. The second kappa shape index (κ2) is 9.60. The summed E-state index contributed by atoms with van der Waals surface area (Å²) < 4.78 is 28.1. The summed E-state index contributed by atoms with van der Waals surface area (Å²) in [7, 11) is -3.53. The Hall–Kier alpha value is -1.74. The first-order chi connectivity index (χ1) is 14.2. The van der Waals surface area contributed by atoms with Gasteiger partial charge in [0.15, 0.2) is 0 Å². The molecule has 1 unspecified atom stereocenters. The van der Waals surface area contributed by atoms with Crippen LogP contribution in [0, 0.1) is 0 Å². The molecule has 0 aromatic heterocycles. The fraction of sp³-hybridized carbons (Fsp3) is 0.409. The van der Waals surface area contributed by atoms with Gasteiger partial charge in [0.25, 0.3) is 0 Å². The zero-order chi connectivity index (χ0) is 21.9. The van der Waals surface area contributed by atoms with E-state index in [1.54, 1.807) is 24.3 Å². The molecule has 1 aliphatic heterocycles. The van der Waals surface area contributed by atoms with E-state index in [4.69, 9.17) is 0 Å². The molecule has 3 rings (SSSR count). The van der Waals surface area contributed by atoms with Gasteiger partial charge in [0.1, 0.15) is 0 Å². The predicted octanol–water partition coefficient (Wildman–Crippen LogP) is 3.91. The van der Waals surface area contributed by atoms with Crippen molar-refractivity contribution >= 4 is 37.5 Å². The molecule has 0 bridgehead atoms. The maximum absolute atomic E-state index is 12.9. The van der Waals surface area contributed by atoms with Crippen LogP contribution in [0.1, 0.15) is 32.3 Å². The molecule has 6 nitrogen and oxygen atoms in total. The standard InChI is InChI=1S/C22H28BrN3O3S/c1-16(2)20-6-4-5-7-21(20)24-22(27)17(3)25-12-14-26(15-13-25)30(28,29)19-10-8-18(23)9-11-19/h4-11,16-17H,12-15H2,1-3H3,(H,24,27). The number of sulfonamides is 1. The summed E-state index contributed by atoms with van der Waals surface area (Å²) in [6, 6.07) is 14.1. The largest absolute Gasteiger partial charge is 0.324 e. The molecule has 0 saturated carbocycles. The van der Waals surface area contributed by atoms with E-state index >= 15 is 0 Å². The fourth-order valence-electron chi connectivity index (χ4n) is 3.60. The minimum Gasteiger partial charge on any atom is -0.324 e. The van der Waals surface area contributed by atoms with E-state index in [2.05, 4.69) is 35.1 Å². The molecule has 1 heterocycles. The maximum atomic E-state index is 12.9. The summed E-state index contributed by atoms with van der Waals surface area (Å²) in [6.07, 6.45) is 0. The number of hydrogen-bond acceptors (Lipinski definition) is 4. The maximum Gasteiger partial charge on any atom is 0.243 e. The number of para-hydroxylation sites is 1. The van der Waals surface area contributed by atoms with Crippen LogP contribution in [0.3, 0.4) is 0 Å². The fourth-order valence-corrected chi connectivity index (χ4v) is 5.29. The van der Waals surface area contributed by atoms with E-state index in [0.717, 1.165) is 15.7 Å². The number of hydrogen-bond donors (Lipinski definition) is 1. The smallest absolute Gasteiger partial charge is 0.243 e. The molecule has 0 spiro atoms. The molecule has 1 saturated heterocycles. The lowest BCUT2D eigenvalue weighted by molar-refractivity contribution is -0.121. The molecule has 0 radical (unpaired) electrons. The lowest BCUT2D eigenvalue weighted by Crippen LogP contribution is -2.53. The first-order valence-corrected chi connectivity index (χ1v) is 12.3. The number of halogens is 1. The third kappa shape index (κ3) is 5.11. The Morgan fingerprint density at radius 3 is 2.17 bits per heavy atom. The van der Waals surface area contributed by atoms with Crippen LogP contribution in [0.4, 0.5) is 5.69 Å². The zero-order valence-corrected chi connectivity index (χ0v) is 19.9. The van der Waals surface area contributed by atoms with Gasteiger partial charge in [-0.2, -0.15) is 4.31 Å². The Balaban J connectivity index is 1.62. The number of anilines is 1. The van der Waals surface area contributed by atoms with Crippen molar-refractivity contribution in [3.05, 3.63) is 58.6 Å². The highest BCUT2D eigenvalue weighted by Gasteiger charge is 2.32.